The first-order chi connectivity index (χ1) is 11.2. The van der Waals surface area contributed by atoms with E-state index in [2.05, 4.69) is 20.9 Å². The van der Waals surface area contributed by atoms with Gasteiger partial charge in [0.15, 0.2) is 5.76 Å². The molecule has 0 aliphatic heterocycles. The smallest absolute Gasteiger partial charge is 0.154 e. The molecule has 4 rings (SSSR count). The molecule has 23 heavy (non-hydrogen) atoms. The number of nitrogens with zero attached hydrogens (tertiary/aromatic N) is 2. The number of aromatic nitrogens is 2. The summed E-state index contributed by atoms with van der Waals surface area (Å²) < 4.78 is 22.0. The van der Waals surface area contributed by atoms with E-state index in [9.17, 15) is 4.39 Å². The van der Waals surface area contributed by atoms with Crippen LogP contribution in [0.25, 0.3) is 17.1 Å². The Morgan fingerprint density at radius 3 is 2.83 bits per heavy atom. The summed E-state index contributed by atoms with van der Waals surface area (Å²) in [5.74, 6) is 0.466. The molecule has 0 amide bonds. The zero-order valence-corrected chi connectivity index (χ0v) is 13.6. The van der Waals surface area contributed by atoms with Crippen molar-refractivity contribution in [3.63, 3.8) is 0 Å². The van der Waals surface area contributed by atoms with Crippen molar-refractivity contribution in [1.82, 2.24) is 9.38 Å². The van der Waals surface area contributed by atoms with Gasteiger partial charge in [-0.25, -0.2) is 9.37 Å². The second-order valence-electron chi connectivity index (χ2n) is 5.27. The molecule has 0 saturated heterocycles. The molecule has 0 unspecified atom stereocenters. The fourth-order valence-corrected chi connectivity index (χ4v) is 3.02. The van der Waals surface area contributed by atoms with Crippen molar-refractivity contribution in [2.45, 2.75) is 6.42 Å². The van der Waals surface area contributed by atoms with Crippen molar-refractivity contribution < 1.29 is 8.81 Å². The highest BCUT2D eigenvalue weighted by Gasteiger charge is 2.16. The van der Waals surface area contributed by atoms with E-state index in [4.69, 9.17) is 4.42 Å². The molecule has 0 aliphatic rings. The molecular weight excluding hydrogens is 359 g/mol. The van der Waals surface area contributed by atoms with Gasteiger partial charge in [-0.15, -0.1) is 0 Å². The van der Waals surface area contributed by atoms with Gasteiger partial charge in [-0.2, -0.15) is 0 Å². The van der Waals surface area contributed by atoms with Gasteiger partial charge in [0.05, 0.1) is 12.0 Å². The summed E-state index contributed by atoms with van der Waals surface area (Å²) >= 11 is 3.49. The Morgan fingerprint density at radius 2 is 2.04 bits per heavy atom. The van der Waals surface area contributed by atoms with Gasteiger partial charge in [0.25, 0.3) is 0 Å². The molecule has 3 heterocycles. The molecule has 0 atom stereocenters. The van der Waals surface area contributed by atoms with Crippen LogP contribution in [-0.2, 0) is 6.42 Å². The number of hydrogen-bond acceptors (Lipinski definition) is 2. The first-order valence-electron chi connectivity index (χ1n) is 7.15. The number of rotatable bonds is 3. The van der Waals surface area contributed by atoms with Crippen molar-refractivity contribution in [1.29, 1.82) is 0 Å². The van der Waals surface area contributed by atoms with Crippen molar-refractivity contribution in [3.8, 4) is 11.5 Å². The molecule has 0 radical (unpaired) electrons. The Morgan fingerprint density at radius 1 is 1.13 bits per heavy atom. The van der Waals surface area contributed by atoms with Crippen molar-refractivity contribution in [2.24, 2.45) is 0 Å². The molecule has 3 nitrogen and oxygen atoms in total. The van der Waals surface area contributed by atoms with E-state index >= 15 is 0 Å². The van der Waals surface area contributed by atoms with Gasteiger partial charge in [0, 0.05) is 17.1 Å². The Hall–Kier alpha value is -2.40. The minimum atomic E-state index is -0.239. The third-order valence-electron chi connectivity index (χ3n) is 3.70. The van der Waals surface area contributed by atoms with E-state index in [0.717, 1.165) is 27.1 Å². The fourth-order valence-electron chi connectivity index (χ4n) is 2.69. The molecule has 0 saturated carbocycles. The van der Waals surface area contributed by atoms with Crippen molar-refractivity contribution in [2.75, 3.05) is 0 Å². The summed E-state index contributed by atoms with van der Waals surface area (Å²) in [4.78, 5) is 4.67. The zero-order chi connectivity index (χ0) is 15.8. The van der Waals surface area contributed by atoms with E-state index in [-0.39, 0.29) is 5.82 Å². The van der Waals surface area contributed by atoms with E-state index in [1.54, 1.807) is 18.4 Å². The average molecular weight is 371 g/mol. The van der Waals surface area contributed by atoms with Crippen molar-refractivity contribution in [3.05, 3.63) is 82.5 Å². The van der Waals surface area contributed by atoms with E-state index < -0.39 is 0 Å². The monoisotopic (exact) mass is 370 g/mol. The van der Waals surface area contributed by atoms with Gasteiger partial charge in [0.2, 0.25) is 0 Å². The standard InChI is InChI=1S/C18H12BrFN2O/c19-13-6-7-17-21-18(16-5-2-8-23-16)15(22(17)11-13)10-12-3-1-4-14(20)9-12/h1-9,11H,10H2. The number of pyridine rings is 1. The maximum atomic E-state index is 13.5. The second-order valence-corrected chi connectivity index (χ2v) is 6.18. The molecule has 3 aromatic heterocycles. The fraction of sp³-hybridized carbons (Fsp3) is 0.0556. The Bertz CT molecular complexity index is 976. The lowest BCUT2D eigenvalue weighted by molar-refractivity contribution is 0.579. The lowest BCUT2D eigenvalue weighted by Gasteiger charge is -2.05. The van der Waals surface area contributed by atoms with Gasteiger partial charge in [-0.3, -0.25) is 0 Å². The SMILES string of the molecule is Fc1cccc(Cc2c(-c3ccco3)nc3ccc(Br)cn23)c1. The molecule has 4 aromatic rings. The maximum absolute atomic E-state index is 13.5. The molecule has 0 spiro atoms. The highest BCUT2D eigenvalue weighted by molar-refractivity contribution is 9.10. The second kappa shape index (κ2) is 5.66. The first kappa shape index (κ1) is 14.2. The first-order valence-corrected chi connectivity index (χ1v) is 7.95. The van der Waals surface area contributed by atoms with Gasteiger partial charge >= 0.3 is 0 Å². The lowest BCUT2D eigenvalue weighted by Crippen LogP contribution is -1.97. The molecule has 5 heteroatoms. The summed E-state index contributed by atoms with van der Waals surface area (Å²) in [6, 6.07) is 14.2. The minimum absolute atomic E-state index is 0.239. The van der Waals surface area contributed by atoms with Crippen LogP contribution in [0, 0.1) is 5.82 Å². The summed E-state index contributed by atoms with van der Waals surface area (Å²) in [5.41, 5.74) is 3.45. The molecule has 0 aliphatic carbocycles. The average Bonchev–Trinajstić information content (AvgIpc) is 3.16. The van der Waals surface area contributed by atoms with Gasteiger partial charge < -0.3 is 8.82 Å². The number of imidazole rings is 1. The van der Waals surface area contributed by atoms with Crippen LogP contribution < -0.4 is 0 Å². The molecule has 0 N–H and O–H groups in total. The normalized spacial score (nSPS) is 11.2. The van der Waals surface area contributed by atoms with Crippen LogP contribution in [0.5, 0.6) is 0 Å². The highest BCUT2D eigenvalue weighted by Crippen LogP contribution is 2.28. The van der Waals surface area contributed by atoms with E-state index in [1.165, 1.54) is 6.07 Å². The topological polar surface area (TPSA) is 30.4 Å². The van der Waals surface area contributed by atoms with Crippen molar-refractivity contribution >= 4 is 21.6 Å². The zero-order valence-electron chi connectivity index (χ0n) is 12.0. The summed E-state index contributed by atoms with van der Waals surface area (Å²) in [6.07, 6.45) is 4.15. The van der Waals surface area contributed by atoms with E-state index in [1.807, 2.05) is 40.9 Å². The lowest BCUT2D eigenvalue weighted by atomic mass is 10.1. The summed E-state index contributed by atoms with van der Waals surface area (Å²) in [6.45, 7) is 0. The number of benzene rings is 1. The third-order valence-corrected chi connectivity index (χ3v) is 4.17. The van der Waals surface area contributed by atoms with Crippen LogP contribution in [0.4, 0.5) is 4.39 Å². The Labute approximate surface area is 140 Å². The minimum Gasteiger partial charge on any atom is -0.463 e. The van der Waals surface area contributed by atoms with Gasteiger partial charge in [-0.05, 0) is 57.9 Å². The number of halogens is 2. The predicted octanol–water partition coefficient (Wildman–Crippen LogP) is 5.09. The van der Waals surface area contributed by atoms with Crippen LogP contribution >= 0.6 is 15.9 Å². The van der Waals surface area contributed by atoms with E-state index in [0.29, 0.717) is 12.2 Å². The quantitative estimate of drug-likeness (QED) is 0.502. The molecular formula is C18H12BrFN2O. The Balaban J connectivity index is 1.91. The number of fused-ring (bicyclic) bond motifs is 1. The molecule has 0 fully saturated rings. The third kappa shape index (κ3) is 2.68. The van der Waals surface area contributed by atoms with Crippen LogP contribution in [0.3, 0.4) is 0 Å². The Kier molecular flexibility index (Phi) is 3.50. The number of hydrogen-bond donors (Lipinski definition) is 0. The van der Waals surface area contributed by atoms with Crippen LogP contribution in [-0.4, -0.2) is 9.38 Å². The number of furan rings is 1. The van der Waals surface area contributed by atoms with Crippen LogP contribution in [0.15, 0.2) is 69.9 Å². The summed E-state index contributed by atoms with van der Waals surface area (Å²) in [5, 5.41) is 0. The van der Waals surface area contributed by atoms with Gasteiger partial charge in [-0.1, -0.05) is 12.1 Å². The molecule has 1 aromatic carbocycles. The summed E-state index contributed by atoms with van der Waals surface area (Å²) in [7, 11) is 0. The largest absolute Gasteiger partial charge is 0.463 e. The maximum Gasteiger partial charge on any atom is 0.154 e. The predicted molar refractivity (Wildman–Crippen MR) is 89.8 cm³/mol. The van der Waals surface area contributed by atoms with Crippen LogP contribution in [0.2, 0.25) is 0 Å². The van der Waals surface area contributed by atoms with Gasteiger partial charge in [0.1, 0.15) is 17.2 Å². The highest BCUT2D eigenvalue weighted by atomic mass is 79.9. The van der Waals surface area contributed by atoms with Crippen LogP contribution in [0.1, 0.15) is 11.3 Å². The molecule has 114 valence electrons. The molecule has 0 bridgehead atoms.